The number of methoxy groups -OCH3 is 2. The van der Waals surface area contributed by atoms with E-state index < -0.39 is 0 Å². The molecule has 0 saturated heterocycles. The van der Waals surface area contributed by atoms with Gasteiger partial charge < -0.3 is 14.2 Å². The third-order valence-electron chi connectivity index (χ3n) is 3.53. The van der Waals surface area contributed by atoms with Gasteiger partial charge in [0.15, 0.2) is 23.2 Å². The Labute approximate surface area is 149 Å². The van der Waals surface area contributed by atoms with Gasteiger partial charge in [-0.15, -0.1) is 0 Å². The fourth-order valence-corrected chi connectivity index (χ4v) is 3.14. The normalized spacial score (nSPS) is 10.5. The molecule has 130 valence electrons. The molecule has 0 saturated carbocycles. The van der Waals surface area contributed by atoms with Crippen molar-refractivity contribution in [1.29, 1.82) is 0 Å². The number of hydrogen-bond donors (Lipinski definition) is 1. The molecule has 3 aromatic rings. The van der Waals surface area contributed by atoms with E-state index in [4.69, 9.17) is 14.2 Å². The van der Waals surface area contributed by atoms with Gasteiger partial charge in [-0.1, -0.05) is 29.0 Å². The molecule has 25 heavy (non-hydrogen) atoms. The van der Waals surface area contributed by atoms with Crippen LogP contribution in [-0.2, 0) is 4.79 Å². The molecule has 0 aliphatic carbocycles. The number of carbonyl (C=O) groups is 1. The number of aromatic nitrogens is 1. The van der Waals surface area contributed by atoms with Gasteiger partial charge in [-0.3, -0.25) is 10.1 Å². The van der Waals surface area contributed by atoms with E-state index in [2.05, 4.69) is 10.3 Å². The van der Waals surface area contributed by atoms with Crippen LogP contribution in [0.3, 0.4) is 0 Å². The minimum atomic E-state index is -0.265. The van der Waals surface area contributed by atoms with E-state index in [0.29, 0.717) is 22.4 Å². The molecule has 0 radical (unpaired) electrons. The lowest BCUT2D eigenvalue weighted by molar-refractivity contribution is -0.118. The van der Waals surface area contributed by atoms with Crippen molar-refractivity contribution < 1.29 is 19.0 Å². The second-order valence-corrected chi connectivity index (χ2v) is 6.37. The van der Waals surface area contributed by atoms with E-state index in [-0.39, 0.29) is 12.5 Å². The van der Waals surface area contributed by atoms with Crippen molar-refractivity contribution in [3.63, 3.8) is 0 Å². The van der Waals surface area contributed by atoms with Crippen molar-refractivity contribution in [2.24, 2.45) is 0 Å². The highest BCUT2D eigenvalue weighted by Crippen LogP contribution is 2.36. The zero-order valence-electron chi connectivity index (χ0n) is 14.2. The smallest absolute Gasteiger partial charge is 0.264 e. The first-order chi connectivity index (χ1) is 12.1. The van der Waals surface area contributed by atoms with Gasteiger partial charge in [0.1, 0.15) is 5.75 Å². The molecule has 3 rings (SSSR count). The number of nitrogens with zero attached hydrogens (tertiary/aromatic N) is 1. The maximum atomic E-state index is 12.1. The van der Waals surface area contributed by atoms with Crippen LogP contribution < -0.4 is 19.5 Å². The topological polar surface area (TPSA) is 69.7 Å². The minimum Gasteiger partial charge on any atom is -0.493 e. The zero-order valence-corrected chi connectivity index (χ0v) is 15.0. The van der Waals surface area contributed by atoms with Gasteiger partial charge in [0.2, 0.25) is 0 Å². The number of benzene rings is 2. The number of fused-ring (bicyclic) bond motifs is 1. The summed E-state index contributed by atoms with van der Waals surface area (Å²) in [6.07, 6.45) is 0. The van der Waals surface area contributed by atoms with Crippen molar-refractivity contribution in [3.05, 3.63) is 42.0 Å². The van der Waals surface area contributed by atoms with E-state index in [1.54, 1.807) is 20.3 Å². The van der Waals surface area contributed by atoms with Crippen molar-refractivity contribution in [1.82, 2.24) is 4.98 Å². The molecule has 1 N–H and O–H groups in total. The lowest BCUT2D eigenvalue weighted by Crippen LogP contribution is -2.19. The van der Waals surface area contributed by atoms with Gasteiger partial charge in [-0.2, -0.15) is 0 Å². The summed E-state index contributed by atoms with van der Waals surface area (Å²) in [6.45, 7) is 1.92. The van der Waals surface area contributed by atoms with E-state index in [1.165, 1.54) is 11.3 Å². The SMILES string of the molecule is COc1cc2nc(NC(=O)COc3ccc(C)cc3)sc2cc1OC. The Bertz CT molecular complexity index is 849. The van der Waals surface area contributed by atoms with Crippen molar-refractivity contribution in [2.75, 3.05) is 26.1 Å². The number of hydrogen-bond acceptors (Lipinski definition) is 6. The van der Waals surface area contributed by atoms with Gasteiger partial charge in [0.05, 0.1) is 24.4 Å². The van der Waals surface area contributed by atoms with Crippen LogP contribution in [-0.4, -0.2) is 31.7 Å². The number of thiazole rings is 1. The molecular formula is C18H18N2O4S. The molecule has 0 aliphatic heterocycles. The standard InChI is InChI=1S/C18H18N2O4S/c1-11-4-6-12(7-5-11)24-10-17(21)20-18-19-13-8-14(22-2)15(23-3)9-16(13)25-18/h4-9H,10H2,1-3H3,(H,19,20,21). The van der Waals surface area contributed by atoms with Crippen LogP contribution in [0.15, 0.2) is 36.4 Å². The van der Waals surface area contributed by atoms with Crippen LogP contribution >= 0.6 is 11.3 Å². The molecule has 1 amide bonds. The second kappa shape index (κ2) is 7.40. The fourth-order valence-electron chi connectivity index (χ4n) is 2.25. The first kappa shape index (κ1) is 17.0. The Morgan fingerprint density at radius 3 is 2.48 bits per heavy atom. The molecule has 0 spiro atoms. The summed E-state index contributed by atoms with van der Waals surface area (Å²) in [6, 6.07) is 11.1. The van der Waals surface area contributed by atoms with Gasteiger partial charge in [0.25, 0.3) is 5.91 Å². The monoisotopic (exact) mass is 358 g/mol. The highest BCUT2D eigenvalue weighted by Gasteiger charge is 2.12. The van der Waals surface area contributed by atoms with Crippen LogP contribution in [0.1, 0.15) is 5.56 Å². The largest absolute Gasteiger partial charge is 0.493 e. The number of amides is 1. The fraction of sp³-hybridized carbons (Fsp3) is 0.222. The number of ether oxygens (including phenoxy) is 3. The summed E-state index contributed by atoms with van der Waals surface area (Å²) in [7, 11) is 3.15. The molecule has 0 aliphatic rings. The molecule has 1 heterocycles. The van der Waals surface area contributed by atoms with Crippen molar-refractivity contribution in [2.45, 2.75) is 6.92 Å². The number of carbonyl (C=O) groups excluding carboxylic acids is 1. The zero-order chi connectivity index (χ0) is 17.8. The maximum absolute atomic E-state index is 12.1. The van der Waals surface area contributed by atoms with Crippen LogP contribution in [0.25, 0.3) is 10.2 Å². The summed E-state index contributed by atoms with van der Waals surface area (Å²) >= 11 is 1.36. The summed E-state index contributed by atoms with van der Waals surface area (Å²) in [4.78, 5) is 16.5. The summed E-state index contributed by atoms with van der Waals surface area (Å²) < 4.78 is 16.9. The molecule has 0 fully saturated rings. The average Bonchev–Trinajstić information content (AvgIpc) is 3.00. The third-order valence-corrected chi connectivity index (χ3v) is 4.46. The molecular weight excluding hydrogens is 340 g/mol. The molecule has 2 aromatic carbocycles. The van der Waals surface area contributed by atoms with Crippen molar-refractivity contribution >= 4 is 32.6 Å². The Hall–Kier alpha value is -2.80. The Morgan fingerprint density at radius 1 is 1.12 bits per heavy atom. The first-order valence-corrected chi connectivity index (χ1v) is 8.42. The lowest BCUT2D eigenvalue weighted by atomic mass is 10.2. The molecule has 0 atom stereocenters. The minimum absolute atomic E-state index is 0.0777. The van der Waals surface area contributed by atoms with E-state index in [0.717, 1.165) is 15.8 Å². The number of aryl methyl sites for hydroxylation is 1. The predicted octanol–water partition coefficient (Wildman–Crippen LogP) is 3.64. The Morgan fingerprint density at radius 2 is 1.80 bits per heavy atom. The highest BCUT2D eigenvalue weighted by molar-refractivity contribution is 7.22. The Balaban J connectivity index is 1.67. The summed E-state index contributed by atoms with van der Waals surface area (Å²) in [5.41, 5.74) is 1.87. The van der Waals surface area contributed by atoms with Crippen LogP contribution in [0.4, 0.5) is 5.13 Å². The molecule has 0 bridgehead atoms. The lowest BCUT2D eigenvalue weighted by Gasteiger charge is -2.05. The molecule has 0 unspecified atom stereocenters. The van der Waals surface area contributed by atoms with Gasteiger partial charge in [-0.05, 0) is 19.1 Å². The van der Waals surface area contributed by atoms with Crippen LogP contribution in [0.5, 0.6) is 17.2 Å². The van der Waals surface area contributed by atoms with E-state index in [9.17, 15) is 4.79 Å². The molecule has 7 heteroatoms. The summed E-state index contributed by atoms with van der Waals surface area (Å²) in [5, 5.41) is 3.25. The maximum Gasteiger partial charge on any atom is 0.264 e. The van der Waals surface area contributed by atoms with E-state index >= 15 is 0 Å². The number of anilines is 1. The first-order valence-electron chi connectivity index (χ1n) is 7.61. The third kappa shape index (κ3) is 4.00. The molecule has 6 nitrogen and oxygen atoms in total. The highest BCUT2D eigenvalue weighted by atomic mass is 32.1. The number of nitrogens with one attached hydrogen (secondary N) is 1. The molecule has 1 aromatic heterocycles. The van der Waals surface area contributed by atoms with Crippen LogP contribution in [0.2, 0.25) is 0 Å². The van der Waals surface area contributed by atoms with Gasteiger partial charge in [-0.25, -0.2) is 4.98 Å². The second-order valence-electron chi connectivity index (χ2n) is 5.34. The number of rotatable bonds is 6. The predicted molar refractivity (Wildman–Crippen MR) is 98.0 cm³/mol. The van der Waals surface area contributed by atoms with Crippen LogP contribution in [0, 0.1) is 6.92 Å². The summed E-state index contributed by atoms with van der Waals surface area (Å²) in [5.74, 6) is 1.61. The van der Waals surface area contributed by atoms with Gasteiger partial charge in [0, 0.05) is 12.1 Å². The quantitative estimate of drug-likeness (QED) is 0.728. The Kier molecular flexibility index (Phi) is 5.04. The average molecular weight is 358 g/mol. The van der Waals surface area contributed by atoms with Gasteiger partial charge >= 0.3 is 0 Å². The van der Waals surface area contributed by atoms with E-state index in [1.807, 2.05) is 37.3 Å². The van der Waals surface area contributed by atoms with Crippen molar-refractivity contribution in [3.8, 4) is 17.2 Å².